The number of ether oxygens (including phenoxy) is 1. The van der Waals surface area contributed by atoms with Crippen molar-refractivity contribution in [3.8, 4) is 0 Å². The molecular weight excluding hydrogens is 356 g/mol. The summed E-state index contributed by atoms with van der Waals surface area (Å²) < 4.78 is 6.29. The molecule has 23 heavy (non-hydrogen) atoms. The van der Waals surface area contributed by atoms with Gasteiger partial charge in [0.1, 0.15) is 0 Å². The van der Waals surface area contributed by atoms with Crippen molar-refractivity contribution in [1.29, 1.82) is 0 Å². The van der Waals surface area contributed by atoms with Crippen LogP contribution >= 0.6 is 15.9 Å². The van der Waals surface area contributed by atoms with Gasteiger partial charge in [-0.25, -0.2) is 0 Å². The van der Waals surface area contributed by atoms with Gasteiger partial charge in [-0.15, -0.1) is 0 Å². The summed E-state index contributed by atoms with van der Waals surface area (Å²) in [6.45, 7) is 12.4. The Bertz CT molecular complexity index is 575. The van der Waals surface area contributed by atoms with Gasteiger partial charge in [-0.3, -0.25) is 9.78 Å². The van der Waals surface area contributed by atoms with E-state index < -0.39 is 0 Å². The predicted octanol–water partition coefficient (Wildman–Crippen LogP) is 4.27. The van der Waals surface area contributed by atoms with Crippen molar-refractivity contribution in [2.45, 2.75) is 60.0 Å². The fourth-order valence-electron chi connectivity index (χ4n) is 2.87. The van der Waals surface area contributed by atoms with Crippen LogP contribution in [0.2, 0.25) is 0 Å². The fourth-order valence-corrected chi connectivity index (χ4v) is 3.48. The van der Waals surface area contributed by atoms with Gasteiger partial charge in [0.15, 0.2) is 0 Å². The van der Waals surface area contributed by atoms with E-state index in [-0.39, 0.29) is 18.5 Å². The molecule has 0 unspecified atom stereocenters. The molecule has 2 rings (SSSR count). The number of hydrogen-bond acceptors (Lipinski definition) is 4. The van der Waals surface area contributed by atoms with Crippen LogP contribution in [-0.4, -0.2) is 30.1 Å². The number of anilines is 1. The molecule has 0 aromatic carbocycles. The number of hydrogen-bond donors (Lipinski definition) is 0. The zero-order valence-corrected chi connectivity index (χ0v) is 16.4. The summed E-state index contributed by atoms with van der Waals surface area (Å²) in [5.41, 5.74) is 3.38. The number of pyridine rings is 1. The first-order valence-electron chi connectivity index (χ1n) is 8.28. The molecule has 1 fully saturated rings. The Labute approximate surface area is 147 Å². The van der Waals surface area contributed by atoms with E-state index in [0.717, 1.165) is 47.3 Å². The number of esters is 1. The maximum atomic E-state index is 12.1. The summed E-state index contributed by atoms with van der Waals surface area (Å²) in [6, 6.07) is 0. The maximum absolute atomic E-state index is 12.1. The number of aromatic nitrogens is 1. The van der Waals surface area contributed by atoms with E-state index in [0.29, 0.717) is 5.41 Å². The first-order valence-corrected chi connectivity index (χ1v) is 9.07. The highest BCUT2D eigenvalue weighted by atomic mass is 79.9. The van der Waals surface area contributed by atoms with Crippen LogP contribution in [-0.2, 0) is 16.0 Å². The largest absolute Gasteiger partial charge is 0.463 e. The normalized spacial score (nSPS) is 17.4. The molecule has 0 bridgehead atoms. The first-order chi connectivity index (χ1) is 10.7. The minimum absolute atomic E-state index is 0.0939. The smallest absolute Gasteiger partial charge is 0.310 e. The van der Waals surface area contributed by atoms with Crippen molar-refractivity contribution in [2.75, 3.05) is 18.0 Å². The van der Waals surface area contributed by atoms with Gasteiger partial charge in [0, 0.05) is 24.8 Å². The molecule has 0 amide bonds. The lowest BCUT2D eigenvalue weighted by molar-refractivity contribution is -0.146. The number of piperidine rings is 1. The second kappa shape index (κ2) is 7.20. The molecule has 2 heterocycles. The first kappa shape index (κ1) is 18.2. The number of carbonyl (C=O) groups excluding carboxylic acids is 1. The third kappa shape index (κ3) is 4.69. The standard InChI is InChI=1S/C18H27BrN2O2/c1-12(2)23-15(22)10-14-11-20-13(3)16(19)17(14)21-8-6-18(4,5)7-9-21/h11-12H,6-10H2,1-5H3. The van der Waals surface area contributed by atoms with Crippen molar-refractivity contribution in [1.82, 2.24) is 4.98 Å². The van der Waals surface area contributed by atoms with E-state index >= 15 is 0 Å². The molecule has 0 spiro atoms. The van der Waals surface area contributed by atoms with Gasteiger partial charge < -0.3 is 9.64 Å². The van der Waals surface area contributed by atoms with Crippen LogP contribution < -0.4 is 4.90 Å². The third-order valence-electron chi connectivity index (χ3n) is 4.38. The lowest BCUT2D eigenvalue weighted by Gasteiger charge is -2.39. The van der Waals surface area contributed by atoms with Crippen LogP contribution in [0.5, 0.6) is 0 Å². The topological polar surface area (TPSA) is 42.4 Å². The number of carbonyl (C=O) groups is 1. The molecular formula is C18H27BrN2O2. The number of nitrogens with zero attached hydrogens (tertiary/aromatic N) is 2. The summed E-state index contributed by atoms with van der Waals surface area (Å²) in [5.74, 6) is -0.198. The van der Waals surface area contributed by atoms with Gasteiger partial charge in [-0.05, 0) is 55.0 Å². The molecule has 0 aliphatic carbocycles. The van der Waals surface area contributed by atoms with Gasteiger partial charge >= 0.3 is 5.97 Å². The van der Waals surface area contributed by atoms with Crippen molar-refractivity contribution < 1.29 is 9.53 Å². The Morgan fingerprint density at radius 3 is 2.57 bits per heavy atom. The van der Waals surface area contributed by atoms with Crippen LogP contribution in [0.25, 0.3) is 0 Å². The molecule has 1 aromatic heterocycles. The molecule has 1 aromatic rings. The summed E-state index contributed by atoms with van der Waals surface area (Å²) in [7, 11) is 0. The Morgan fingerprint density at radius 2 is 2.00 bits per heavy atom. The molecule has 0 saturated carbocycles. The fraction of sp³-hybridized carbons (Fsp3) is 0.667. The van der Waals surface area contributed by atoms with Crippen molar-refractivity contribution in [3.63, 3.8) is 0 Å². The quantitative estimate of drug-likeness (QED) is 0.729. The van der Waals surface area contributed by atoms with Gasteiger partial charge in [0.25, 0.3) is 0 Å². The molecule has 1 saturated heterocycles. The highest BCUT2D eigenvalue weighted by molar-refractivity contribution is 9.10. The van der Waals surface area contributed by atoms with Crippen molar-refractivity contribution in [2.24, 2.45) is 5.41 Å². The minimum atomic E-state index is -0.198. The van der Waals surface area contributed by atoms with Crippen LogP contribution in [0.3, 0.4) is 0 Å². The van der Waals surface area contributed by atoms with Gasteiger partial charge in [-0.2, -0.15) is 0 Å². The highest BCUT2D eigenvalue weighted by Gasteiger charge is 2.28. The van der Waals surface area contributed by atoms with Crippen molar-refractivity contribution in [3.05, 3.63) is 21.9 Å². The van der Waals surface area contributed by atoms with E-state index in [1.165, 1.54) is 0 Å². The molecule has 128 valence electrons. The Balaban J connectivity index is 2.26. The summed E-state index contributed by atoms with van der Waals surface area (Å²) in [6.07, 6.45) is 4.28. The van der Waals surface area contributed by atoms with E-state index in [9.17, 15) is 4.79 Å². The molecule has 1 aliphatic heterocycles. The monoisotopic (exact) mass is 382 g/mol. The minimum Gasteiger partial charge on any atom is -0.463 e. The van der Waals surface area contributed by atoms with Crippen molar-refractivity contribution >= 4 is 27.6 Å². The number of halogens is 1. The summed E-state index contributed by atoms with van der Waals surface area (Å²) >= 11 is 3.68. The molecule has 4 nitrogen and oxygen atoms in total. The number of aryl methyl sites for hydroxylation is 1. The Hall–Kier alpha value is -1.10. The molecule has 1 aliphatic rings. The SMILES string of the molecule is Cc1ncc(CC(=O)OC(C)C)c(N2CCC(C)(C)CC2)c1Br. The average molecular weight is 383 g/mol. The molecule has 5 heteroatoms. The molecule has 0 radical (unpaired) electrons. The number of rotatable bonds is 4. The Kier molecular flexibility index (Phi) is 5.71. The van der Waals surface area contributed by atoms with Gasteiger partial charge in [0.2, 0.25) is 0 Å². The van der Waals surface area contributed by atoms with Crippen LogP contribution in [0.15, 0.2) is 10.7 Å². The van der Waals surface area contributed by atoms with E-state index in [1.54, 1.807) is 0 Å². The van der Waals surface area contributed by atoms with E-state index in [2.05, 4.69) is 39.7 Å². The van der Waals surface area contributed by atoms with Gasteiger partial charge in [-0.1, -0.05) is 13.8 Å². The predicted molar refractivity (Wildman–Crippen MR) is 96.8 cm³/mol. The van der Waals surface area contributed by atoms with E-state index in [4.69, 9.17) is 4.74 Å². The lowest BCUT2D eigenvalue weighted by Crippen LogP contribution is -2.38. The van der Waals surface area contributed by atoms with Crippen LogP contribution in [0.4, 0.5) is 5.69 Å². The lowest BCUT2D eigenvalue weighted by atomic mass is 9.82. The zero-order valence-electron chi connectivity index (χ0n) is 14.8. The molecule has 0 N–H and O–H groups in total. The third-order valence-corrected chi connectivity index (χ3v) is 5.33. The maximum Gasteiger partial charge on any atom is 0.310 e. The zero-order chi connectivity index (χ0) is 17.2. The molecule has 0 atom stereocenters. The average Bonchev–Trinajstić information content (AvgIpc) is 2.43. The van der Waals surface area contributed by atoms with Crippen LogP contribution in [0, 0.1) is 12.3 Å². The Morgan fingerprint density at radius 1 is 1.39 bits per heavy atom. The summed E-state index contributed by atoms with van der Waals surface area (Å²) in [5, 5.41) is 0. The second-order valence-electron chi connectivity index (χ2n) is 7.40. The highest BCUT2D eigenvalue weighted by Crippen LogP contribution is 2.38. The second-order valence-corrected chi connectivity index (χ2v) is 8.19. The summed E-state index contributed by atoms with van der Waals surface area (Å²) in [4.78, 5) is 18.9. The van der Waals surface area contributed by atoms with E-state index in [1.807, 2.05) is 27.0 Å². The van der Waals surface area contributed by atoms with Gasteiger partial charge in [0.05, 0.1) is 28.4 Å². The van der Waals surface area contributed by atoms with Crippen LogP contribution in [0.1, 0.15) is 51.8 Å².